The van der Waals surface area contributed by atoms with E-state index in [9.17, 15) is 23.1 Å². The van der Waals surface area contributed by atoms with Crippen molar-refractivity contribution in [2.45, 2.75) is 23.6 Å². The average Bonchev–Trinajstić information content (AvgIpc) is 2.72. The van der Waals surface area contributed by atoms with Gasteiger partial charge in [0.05, 0.1) is 4.90 Å². The van der Waals surface area contributed by atoms with Crippen LogP contribution in [-0.2, 0) is 19.4 Å². The van der Waals surface area contributed by atoms with E-state index in [-0.39, 0.29) is 21.2 Å². The second-order valence-corrected chi connectivity index (χ2v) is 9.24. The number of anilines is 1. The van der Waals surface area contributed by atoms with Gasteiger partial charge in [-0.05, 0) is 73.5 Å². The van der Waals surface area contributed by atoms with Crippen LogP contribution in [0.4, 0.5) is 5.69 Å². The summed E-state index contributed by atoms with van der Waals surface area (Å²) < 4.78 is 31.8. The molecule has 0 aliphatic heterocycles. The molecule has 32 heavy (non-hydrogen) atoms. The van der Waals surface area contributed by atoms with Crippen LogP contribution < -0.4 is 10.1 Å². The molecule has 0 aliphatic rings. The highest BCUT2D eigenvalue weighted by molar-refractivity contribution is 7.91. The summed E-state index contributed by atoms with van der Waals surface area (Å²) in [6.45, 7) is 3.37. The zero-order valence-corrected chi connectivity index (χ0v) is 18.5. The number of amides is 1. The third-order valence-electron chi connectivity index (χ3n) is 4.48. The second kappa shape index (κ2) is 8.89. The number of benzene rings is 3. The molecule has 3 aromatic carbocycles. The van der Waals surface area contributed by atoms with Crippen molar-refractivity contribution in [1.29, 1.82) is 0 Å². The highest BCUT2D eigenvalue weighted by Gasteiger charge is 2.23. The molecule has 0 saturated carbocycles. The number of phenols is 1. The van der Waals surface area contributed by atoms with E-state index >= 15 is 0 Å². The number of aliphatic carboxylic acids is 1. The molecule has 0 unspecified atom stereocenters. The Labute approximate surface area is 189 Å². The normalized spacial score (nSPS) is 11.1. The van der Waals surface area contributed by atoms with Gasteiger partial charge in [-0.1, -0.05) is 11.6 Å². The molecule has 10 heteroatoms. The Bertz CT molecular complexity index is 1300. The number of phenolic OH excluding ortho intramolecular Hbond substituents is 1. The van der Waals surface area contributed by atoms with Crippen LogP contribution in [-0.4, -0.2) is 30.5 Å². The van der Waals surface area contributed by atoms with E-state index in [1.807, 2.05) is 0 Å². The fourth-order valence-electron chi connectivity index (χ4n) is 3.00. The van der Waals surface area contributed by atoms with E-state index in [0.717, 1.165) is 0 Å². The van der Waals surface area contributed by atoms with Crippen LogP contribution in [0.1, 0.15) is 11.1 Å². The van der Waals surface area contributed by atoms with Crippen molar-refractivity contribution >= 4 is 39.0 Å². The van der Waals surface area contributed by atoms with Crippen LogP contribution in [0.15, 0.2) is 64.4 Å². The fourth-order valence-corrected chi connectivity index (χ4v) is 4.49. The Morgan fingerprint density at radius 3 is 2.12 bits per heavy atom. The number of carboxylic acids is 1. The predicted octanol–water partition coefficient (Wildman–Crippen LogP) is 4.31. The molecule has 3 N–H and O–H groups in total. The molecule has 166 valence electrons. The van der Waals surface area contributed by atoms with Crippen molar-refractivity contribution in [2.75, 3.05) is 5.32 Å². The Morgan fingerprint density at radius 2 is 1.56 bits per heavy atom. The van der Waals surface area contributed by atoms with Crippen LogP contribution in [0.3, 0.4) is 0 Å². The lowest BCUT2D eigenvalue weighted by molar-refractivity contribution is -0.147. The van der Waals surface area contributed by atoms with Gasteiger partial charge in [-0.3, -0.25) is 4.79 Å². The van der Waals surface area contributed by atoms with Gasteiger partial charge < -0.3 is 20.3 Å². The van der Waals surface area contributed by atoms with Crippen molar-refractivity contribution in [3.8, 4) is 17.2 Å². The van der Waals surface area contributed by atoms with Gasteiger partial charge in [-0.25, -0.2) is 13.2 Å². The number of hydrogen-bond donors (Lipinski definition) is 3. The molecule has 0 fully saturated rings. The Hall–Kier alpha value is -3.56. The Balaban J connectivity index is 1.95. The number of sulfone groups is 1. The first-order valence-corrected chi connectivity index (χ1v) is 11.0. The van der Waals surface area contributed by atoms with Gasteiger partial charge in [0.2, 0.25) is 9.84 Å². The summed E-state index contributed by atoms with van der Waals surface area (Å²) in [6.07, 6.45) is 0. The first-order chi connectivity index (χ1) is 15.0. The van der Waals surface area contributed by atoms with E-state index in [4.69, 9.17) is 21.4 Å². The number of carbonyl (C=O) groups excluding carboxylic acids is 1. The SMILES string of the molecule is Cc1cc(NC(=O)C(=O)O)cc(C)c1Oc1ccc(O)c(S(=O)(=O)c2ccc(Cl)cc2)c1. The van der Waals surface area contributed by atoms with Crippen molar-refractivity contribution in [2.24, 2.45) is 0 Å². The minimum atomic E-state index is -4.04. The van der Waals surface area contributed by atoms with Gasteiger partial charge in [0.1, 0.15) is 22.1 Å². The molecule has 0 atom stereocenters. The van der Waals surface area contributed by atoms with E-state index in [1.54, 1.807) is 13.8 Å². The lowest BCUT2D eigenvalue weighted by atomic mass is 10.1. The molecule has 0 radical (unpaired) electrons. The van der Waals surface area contributed by atoms with Crippen molar-refractivity contribution in [3.05, 3.63) is 70.7 Å². The van der Waals surface area contributed by atoms with Crippen LogP contribution in [0.5, 0.6) is 17.2 Å². The van der Waals surface area contributed by atoms with Crippen LogP contribution in [0, 0.1) is 13.8 Å². The van der Waals surface area contributed by atoms with E-state index in [0.29, 0.717) is 21.9 Å². The first kappa shape index (κ1) is 23.1. The quantitative estimate of drug-likeness (QED) is 0.468. The summed E-state index contributed by atoms with van der Waals surface area (Å²) in [4.78, 5) is 21.7. The number of carboxylic acid groups (broad SMARTS) is 1. The summed E-state index contributed by atoms with van der Waals surface area (Å²) in [5.74, 6) is -2.68. The lowest BCUT2D eigenvalue weighted by Gasteiger charge is -2.15. The third kappa shape index (κ3) is 4.84. The summed E-state index contributed by atoms with van der Waals surface area (Å²) in [6, 6.07) is 12.4. The maximum atomic E-state index is 13.0. The zero-order valence-electron chi connectivity index (χ0n) is 16.9. The minimum absolute atomic E-state index is 0.0414. The maximum Gasteiger partial charge on any atom is 0.394 e. The predicted molar refractivity (Wildman–Crippen MR) is 117 cm³/mol. The molecule has 1 amide bonds. The molecule has 3 aromatic rings. The summed E-state index contributed by atoms with van der Waals surface area (Å²) >= 11 is 5.82. The Kier molecular flexibility index (Phi) is 6.42. The summed E-state index contributed by atoms with van der Waals surface area (Å²) in [7, 11) is -4.04. The van der Waals surface area contributed by atoms with Gasteiger partial charge in [0.15, 0.2) is 0 Å². The number of carbonyl (C=O) groups is 2. The summed E-state index contributed by atoms with van der Waals surface area (Å²) in [5, 5.41) is 21.5. The topological polar surface area (TPSA) is 130 Å². The van der Waals surface area contributed by atoms with Gasteiger partial charge in [0, 0.05) is 16.8 Å². The molecule has 0 saturated heterocycles. The molecule has 3 rings (SSSR count). The lowest BCUT2D eigenvalue weighted by Crippen LogP contribution is -2.21. The van der Waals surface area contributed by atoms with Gasteiger partial charge in [-0.2, -0.15) is 0 Å². The monoisotopic (exact) mass is 475 g/mol. The van der Waals surface area contributed by atoms with Crippen molar-refractivity contribution in [3.63, 3.8) is 0 Å². The number of ether oxygens (including phenoxy) is 1. The molecule has 0 bridgehead atoms. The minimum Gasteiger partial charge on any atom is -0.507 e. The maximum absolute atomic E-state index is 13.0. The number of aromatic hydroxyl groups is 1. The smallest absolute Gasteiger partial charge is 0.394 e. The van der Waals surface area contributed by atoms with Crippen molar-refractivity contribution < 1.29 is 33.0 Å². The molecular weight excluding hydrogens is 458 g/mol. The molecular formula is C22H18ClNO7S. The second-order valence-electron chi connectivity index (χ2n) is 6.89. The first-order valence-electron chi connectivity index (χ1n) is 9.16. The molecule has 0 aromatic heterocycles. The van der Waals surface area contributed by atoms with Crippen LogP contribution >= 0.6 is 11.6 Å². The molecule has 0 spiro atoms. The van der Waals surface area contributed by atoms with Gasteiger partial charge in [-0.15, -0.1) is 0 Å². The number of hydrogen-bond acceptors (Lipinski definition) is 6. The largest absolute Gasteiger partial charge is 0.507 e. The van der Waals surface area contributed by atoms with Crippen molar-refractivity contribution in [1.82, 2.24) is 0 Å². The average molecular weight is 476 g/mol. The number of rotatable bonds is 5. The third-order valence-corrected chi connectivity index (χ3v) is 6.53. The van der Waals surface area contributed by atoms with Crippen LogP contribution in [0.25, 0.3) is 0 Å². The number of halogens is 1. The summed E-state index contributed by atoms with van der Waals surface area (Å²) in [5.41, 5.74) is 1.42. The molecule has 8 nitrogen and oxygen atoms in total. The van der Waals surface area contributed by atoms with Crippen LogP contribution in [0.2, 0.25) is 5.02 Å². The standard InChI is InChI=1S/C22H18ClNO7S/c1-12-9-15(24-21(26)22(27)28)10-13(2)20(12)31-16-5-8-18(25)19(11-16)32(29,30)17-6-3-14(23)4-7-17/h3-11,25H,1-2H3,(H,24,26)(H,27,28). The van der Waals surface area contributed by atoms with Gasteiger partial charge in [0.25, 0.3) is 0 Å². The molecule has 0 heterocycles. The molecule has 0 aliphatic carbocycles. The zero-order chi connectivity index (χ0) is 23.6. The Morgan fingerprint density at radius 1 is 0.969 bits per heavy atom. The number of nitrogens with one attached hydrogen (secondary N) is 1. The highest BCUT2D eigenvalue weighted by atomic mass is 35.5. The number of aryl methyl sites for hydroxylation is 2. The van der Waals surface area contributed by atoms with E-state index in [2.05, 4.69) is 5.32 Å². The van der Waals surface area contributed by atoms with Gasteiger partial charge >= 0.3 is 11.9 Å². The van der Waals surface area contributed by atoms with E-state index in [1.165, 1.54) is 54.6 Å². The fraction of sp³-hybridized carbons (Fsp3) is 0.0909. The van der Waals surface area contributed by atoms with E-state index < -0.39 is 27.5 Å². The highest BCUT2D eigenvalue weighted by Crippen LogP contribution is 2.36.